The molecule has 1 aromatic rings. The minimum atomic E-state index is -3.13. The van der Waals surface area contributed by atoms with E-state index >= 15 is 0 Å². The first-order chi connectivity index (χ1) is 8.34. The molecular weight excluding hydrogens is 252 g/mol. The fraction of sp³-hybridized carbons (Fsp3) is 0.462. The summed E-state index contributed by atoms with van der Waals surface area (Å²) >= 11 is 0. The molecule has 1 rings (SSSR count). The molecule has 0 bridgehead atoms. The maximum Gasteiger partial charge on any atom is 0.335 e. The predicted octanol–water partition coefficient (Wildman–Crippen LogP) is 2.35. The lowest BCUT2D eigenvalue weighted by atomic mass is 10.1. The molecule has 18 heavy (non-hydrogen) atoms. The summed E-state index contributed by atoms with van der Waals surface area (Å²) in [6.45, 7) is 3.87. The van der Waals surface area contributed by atoms with Crippen LogP contribution >= 0.6 is 0 Å². The van der Waals surface area contributed by atoms with Gasteiger partial charge in [0, 0.05) is 0 Å². The first-order valence-corrected chi connectivity index (χ1v) is 7.69. The largest absolute Gasteiger partial charge is 0.478 e. The van der Waals surface area contributed by atoms with Crippen LogP contribution in [0, 0.1) is 5.92 Å². The van der Waals surface area contributed by atoms with E-state index in [4.69, 9.17) is 5.11 Å². The van der Waals surface area contributed by atoms with Crippen molar-refractivity contribution in [3.63, 3.8) is 0 Å². The van der Waals surface area contributed by atoms with Gasteiger partial charge in [-0.1, -0.05) is 32.4 Å². The molecule has 0 aliphatic carbocycles. The Balaban J connectivity index is 2.75. The SMILES string of the molecule is CCC(C)CS(=O)(=O)Cc1ccc(C(=O)O)cc1. The summed E-state index contributed by atoms with van der Waals surface area (Å²) < 4.78 is 23.7. The molecule has 0 saturated carbocycles. The molecule has 5 heteroatoms. The second-order valence-corrected chi connectivity index (χ2v) is 6.68. The van der Waals surface area contributed by atoms with E-state index < -0.39 is 15.8 Å². The normalized spacial score (nSPS) is 13.2. The number of sulfone groups is 1. The van der Waals surface area contributed by atoms with Crippen LogP contribution in [-0.2, 0) is 15.6 Å². The van der Waals surface area contributed by atoms with Crippen LogP contribution < -0.4 is 0 Å². The van der Waals surface area contributed by atoms with Crippen LogP contribution in [0.1, 0.15) is 36.2 Å². The number of hydrogen-bond donors (Lipinski definition) is 1. The molecular formula is C13H18O4S. The fourth-order valence-electron chi connectivity index (χ4n) is 1.61. The van der Waals surface area contributed by atoms with Gasteiger partial charge in [0.1, 0.15) is 0 Å². The van der Waals surface area contributed by atoms with Crippen LogP contribution in [0.25, 0.3) is 0 Å². The maximum absolute atomic E-state index is 11.9. The summed E-state index contributed by atoms with van der Waals surface area (Å²) in [7, 11) is -3.13. The molecule has 100 valence electrons. The first kappa shape index (κ1) is 14.7. The average Bonchev–Trinajstić information content (AvgIpc) is 2.28. The van der Waals surface area contributed by atoms with Gasteiger partial charge >= 0.3 is 5.97 Å². The van der Waals surface area contributed by atoms with Gasteiger partial charge in [-0.15, -0.1) is 0 Å². The van der Waals surface area contributed by atoms with Crippen LogP contribution in [0.5, 0.6) is 0 Å². The van der Waals surface area contributed by atoms with Crippen molar-refractivity contribution in [1.29, 1.82) is 0 Å². The second kappa shape index (κ2) is 6.00. The standard InChI is InChI=1S/C13H18O4S/c1-3-10(2)8-18(16,17)9-11-4-6-12(7-5-11)13(14)15/h4-7,10H,3,8-9H2,1-2H3,(H,14,15). The van der Waals surface area contributed by atoms with E-state index in [0.29, 0.717) is 5.56 Å². The van der Waals surface area contributed by atoms with E-state index in [1.807, 2.05) is 13.8 Å². The van der Waals surface area contributed by atoms with Gasteiger partial charge in [-0.3, -0.25) is 0 Å². The van der Waals surface area contributed by atoms with Crippen LogP contribution in [-0.4, -0.2) is 25.2 Å². The third kappa shape index (κ3) is 4.49. The van der Waals surface area contributed by atoms with Crippen molar-refractivity contribution in [1.82, 2.24) is 0 Å². The Labute approximate surface area is 108 Å². The number of aromatic carboxylic acids is 1. The van der Waals surface area contributed by atoms with E-state index in [-0.39, 0.29) is 23.0 Å². The Morgan fingerprint density at radius 1 is 1.28 bits per heavy atom. The van der Waals surface area contributed by atoms with Gasteiger partial charge in [-0.25, -0.2) is 13.2 Å². The number of benzene rings is 1. The summed E-state index contributed by atoms with van der Waals surface area (Å²) in [5, 5.41) is 8.74. The third-order valence-corrected chi connectivity index (χ3v) is 4.67. The van der Waals surface area contributed by atoms with E-state index in [2.05, 4.69) is 0 Å². The molecule has 0 saturated heterocycles. The second-order valence-electron chi connectivity index (χ2n) is 4.57. The number of carboxylic acids is 1. The zero-order valence-corrected chi connectivity index (χ0v) is 11.4. The highest BCUT2D eigenvalue weighted by Crippen LogP contribution is 2.13. The number of carbonyl (C=O) groups is 1. The summed E-state index contributed by atoms with van der Waals surface area (Å²) in [6.07, 6.45) is 0.831. The molecule has 1 aromatic carbocycles. The monoisotopic (exact) mass is 270 g/mol. The molecule has 1 atom stereocenters. The Hall–Kier alpha value is -1.36. The van der Waals surface area contributed by atoms with Crippen molar-refractivity contribution in [2.45, 2.75) is 26.0 Å². The van der Waals surface area contributed by atoms with Crippen molar-refractivity contribution in [3.8, 4) is 0 Å². The van der Waals surface area contributed by atoms with Gasteiger partial charge in [-0.05, 0) is 23.6 Å². The van der Waals surface area contributed by atoms with Crippen molar-refractivity contribution in [2.24, 2.45) is 5.92 Å². The first-order valence-electron chi connectivity index (χ1n) is 5.86. The third-order valence-electron chi connectivity index (χ3n) is 2.82. The van der Waals surface area contributed by atoms with E-state index in [9.17, 15) is 13.2 Å². The van der Waals surface area contributed by atoms with Crippen LogP contribution in [0.15, 0.2) is 24.3 Å². The molecule has 0 aromatic heterocycles. The van der Waals surface area contributed by atoms with Crippen LogP contribution in [0.4, 0.5) is 0 Å². The maximum atomic E-state index is 11.9. The highest BCUT2D eigenvalue weighted by atomic mass is 32.2. The molecule has 0 aliphatic heterocycles. The molecule has 0 amide bonds. The topological polar surface area (TPSA) is 71.4 Å². The summed E-state index contributed by atoms with van der Waals surface area (Å²) in [5.41, 5.74) is 0.793. The van der Waals surface area contributed by atoms with Gasteiger partial charge in [0.25, 0.3) is 0 Å². The van der Waals surface area contributed by atoms with E-state index in [1.165, 1.54) is 12.1 Å². The number of hydrogen-bond acceptors (Lipinski definition) is 3. The fourth-order valence-corrected chi connectivity index (χ4v) is 3.53. The molecule has 0 spiro atoms. The quantitative estimate of drug-likeness (QED) is 0.861. The van der Waals surface area contributed by atoms with Gasteiger partial charge in [0.15, 0.2) is 9.84 Å². The van der Waals surface area contributed by atoms with Crippen molar-refractivity contribution in [2.75, 3.05) is 5.75 Å². The Bertz CT molecular complexity index is 502. The molecule has 0 aliphatic rings. The molecule has 4 nitrogen and oxygen atoms in total. The smallest absolute Gasteiger partial charge is 0.335 e. The minimum Gasteiger partial charge on any atom is -0.478 e. The number of carboxylic acid groups (broad SMARTS) is 1. The highest BCUT2D eigenvalue weighted by Gasteiger charge is 2.15. The van der Waals surface area contributed by atoms with Gasteiger partial charge in [0.2, 0.25) is 0 Å². The van der Waals surface area contributed by atoms with E-state index in [0.717, 1.165) is 6.42 Å². The zero-order valence-electron chi connectivity index (χ0n) is 10.6. The molecule has 1 N–H and O–H groups in total. The molecule has 0 radical (unpaired) electrons. The van der Waals surface area contributed by atoms with Crippen molar-refractivity contribution < 1.29 is 18.3 Å². The number of rotatable bonds is 6. The Morgan fingerprint density at radius 2 is 1.83 bits per heavy atom. The Kier molecular flexibility index (Phi) is 4.90. The molecule has 1 unspecified atom stereocenters. The average molecular weight is 270 g/mol. The molecule has 0 heterocycles. The van der Waals surface area contributed by atoms with Gasteiger partial charge in [-0.2, -0.15) is 0 Å². The van der Waals surface area contributed by atoms with Gasteiger partial charge in [0.05, 0.1) is 17.1 Å². The Morgan fingerprint density at radius 3 is 2.28 bits per heavy atom. The lowest BCUT2D eigenvalue weighted by Crippen LogP contribution is -2.15. The minimum absolute atomic E-state index is 0.0305. The van der Waals surface area contributed by atoms with Crippen LogP contribution in [0.3, 0.4) is 0 Å². The van der Waals surface area contributed by atoms with Crippen molar-refractivity contribution >= 4 is 15.8 Å². The summed E-state index contributed by atoms with van der Waals surface area (Å²) in [6, 6.07) is 5.96. The summed E-state index contributed by atoms with van der Waals surface area (Å²) in [5.74, 6) is -0.723. The van der Waals surface area contributed by atoms with Gasteiger partial charge < -0.3 is 5.11 Å². The zero-order chi connectivity index (χ0) is 13.8. The van der Waals surface area contributed by atoms with Crippen LogP contribution in [0.2, 0.25) is 0 Å². The lowest BCUT2D eigenvalue weighted by molar-refractivity contribution is 0.0697. The highest BCUT2D eigenvalue weighted by molar-refractivity contribution is 7.90. The van der Waals surface area contributed by atoms with Crippen molar-refractivity contribution in [3.05, 3.63) is 35.4 Å². The predicted molar refractivity (Wildman–Crippen MR) is 70.3 cm³/mol. The summed E-state index contributed by atoms with van der Waals surface area (Å²) in [4.78, 5) is 10.7. The molecule has 0 fully saturated rings. The van der Waals surface area contributed by atoms with E-state index in [1.54, 1.807) is 12.1 Å². The lowest BCUT2D eigenvalue weighted by Gasteiger charge is -2.09.